The number of likely N-dealkylation sites (N-methyl/N-ethyl adjacent to an activating group) is 2. The molecule has 7 heteroatoms. The van der Waals surface area contributed by atoms with Gasteiger partial charge in [0.2, 0.25) is 0 Å². The Morgan fingerprint density at radius 2 is 1.72 bits per heavy atom. The van der Waals surface area contributed by atoms with Gasteiger partial charge < -0.3 is 9.80 Å². The first-order valence-electron chi connectivity index (χ1n) is 10.8. The topological polar surface area (TPSA) is 64.1 Å². The number of hydrazine groups is 1. The molecule has 0 unspecified atom stereocenters. The lowest BCUT2D eigenvalue weighted by Gasteiger charge is -2.32. The smallest absolute Gasteiger partial charge is 0.322 e. The first-order valence-corrected chi connectivity index (χ1v) is 10.8. The van der Waals surface area contributed by atoms with Gasteiger partial charge in [-0.1, -0.05) is 54.6 Å². The van der Waals surface area contributed by atoms with Crippen molar-refractivity contribution in [2.45, 2.75) is 13.5 Å². The molecular formula is C25H28N6O. The molecule has 1 aliphatic heterocycles. The van der Waals surface area contributed by atoms with Crippen molar-refractivity contribution in [3.63, 3.8) is 0 Å². The number of anilines is 1. The van der Waals surface area contributed by atoms with Gasteiger partial charge in [-0.05, 0) is 42.8 Å². The molecular weight excluding hydrogens is 400 g/mol. The van der Waals surface area contributed by atoms with Gasteiger partial charge in [0.15, 0.2) is 5.82 Å². The maximum Gasteiger partial charge on any atom is 0.343 e. The van der Waals surface area contributed by atoms with Crippen LogP contribution in [0, 0.1) is 0 Å². The molecule has 0 spiro atoms. The van der Waals surface area contributed by atoms with Gasteiger partial charge >= 0.3 is 6.03 Å². The Hall–Kier alpha value is -3.71. The largest absolute Gasteiger partial charge is 0.343 e. The number of nitrogens with zero attached hydrogens (tertiary/aromatic N) is 5. The number of nitrogens with one attached hydrogen (secondary N) is 1. The summed E-state index contributed by atoms with van der Waals surface area (Å²) in [6, 6.07) is 22.6. The van der Waals surface area contributed by atoms with E-state index >= 15 is 0 Å². The number of carbonyl (C=O) groups excluding carboxylic acids is 1. The highest BCUT2D eigenvalue weighted by Gasteiger charge is 2.25. The quantitative estimate of drug-likeness (QED) is 0.609. The summed E-state index contributed by atoms with van der Waals surface area (Å²) in [4.78, 5) is 25.6. The van der Waals surface area contributed by atoms with Crippen molar-refractivity contribution in [3.8, 4) is 11.1 Å². The molecule has 0 radical (unpaired) electrons. The lowest BCUT2D eigenvalue weighted by Crippen LogP contribution is -2.52. The van der Waals surface area contributed by atoms with E-state index in [1.807, 2.05) is 24.0 Å². The van der Waals surface area contributed by atoms with E-state index in [4.69, 9.17) is 0 Å². The number of urea groups is 1. The summed E-state index contributed by atoms with van der Waals surface area (Å²) in [5.41, 5.74) is 7.27. The SMILES string of the molecule is CCN(CCN(C)Cc1ccc(-c2ccccc2)cc1)C(=O)N1NC=Nc2ncccc21. The van der Waals surface area contributed by atoms with E-state index in [1.165, 1.54) is 28.0 Å². The minimum Gasteiger partial charge on any atom is -0.322 e. The van der Waals surface area contributed by atoms with Crippen LogP contribution in [0.25, 0.3) is 11.1 Å². The molecule has 0 atom stereocenters. The van der Waals surface area contributed by atoms with Gasteiger partial charge in [-0.25, -0.2) is 19.8 Å². The second-order valence-corrected chi connectivity index (χ2v) is 7.73. The molecule has 0 saturated carbocycles. The van der Waals surface area contributed by atoms with Gasteiger partial charge in [-0.15, -0.1) is 0 Å². The zero-order valence-corrected chi connectivity index (χ0v) is 18.5. The zero-order chi connectivity index (χ0) is 22.3. The van der Waals surface area contributed by atoms with E-state index in [0.717, 1.165) is 13.1 Å². The van der Waals surface area contributed by atoms with Crippen molar-refractivity contribution in [2.24, 2.45) is 4.99 Å². The molecule has 2 heterocycles. The van der Waals surface area contributed by atoms with Crippen molar-refractivity contribution >= 4 is 23.9 Å². The third-order valence-electron chi connectivity index (χ3n) is 5.49. The number of rotatable bonds is 7. The van der Waals surface area contributed by atoms with Crippen LogP contribution in [-0.2, 0) is 6.54 Å². The summed E-state index contributed by atoms with van der Waals surface area (Å²) in [6.07, 6.45) is 3.16. The second-order valence-electron chi connectivity index (χ2n) is 7.73. The molecule has 0 saturated heterocycles. The summed E-state index contributed by atoms with van der Waals surface area (Å²) in [7, 11) is 2.08. The van der Waals surface area contributed by atoms with Gasteiger partial charge in [0.25, 0.3) is 0 Å². The van der Waals surface area contributed by atoms with E-state index < -0.39 is 0 Å². The van der Waals surface area contributed by atoms with Crippen LogP contribution in [0.15, 0.2) is 77.9 Å². The first-order chi connectivity index (χ1) is 15.7. The van der Waals surface area contributed by atoms with E-state index in [2.05, 4.69) is 75.9 Å². The molecule has 0 bridgehead atoms. The third-order valence-corrected chi connectivity index (χ3v) is 5.49. The standard InChI is InChI=1S/C25H28N6O/c1-3-30(25(32)31-23-10-7-15-26-24(23)27-19-28-31)17-16-29(2)18-20-11-13-22(14-12-20)21-8-5-4-6-9-21/h4-15,19H,3,16-18H2,1-2H3,(H,26,27,28). The normalized spacial score (nSPS) is 12.4. The number of hydrogen-bond donors (Lipinski definition) is 1. The van der Waals surface area contributed by atoms with Crippen molar-refractivity contribution < 1.29 is 4.79 Å². The molecule has 0 aliphatic carbocycles. The lowest BCUT2D eigenvalue weighted by molar-refractivity contribution is 0.195. The Labute approximate surface area is 189 Å². The summed E-state index contributed by atoms with van der Waals surface area (Å²) < 4.78 is 0. The predicted octanol–water partition coefficient (Wildman–Crippen LogP) is 4.31. The van der Waals surface area contributed by atoms with Gasteiger partial charge in [0.05, 0.1) is 0 Å². The van der Waals surface area contributed by atoms with Gasteiger partial charge in [0, 0.05) is 32.4 Å². The summed E-state index contributed by atoms with van der Waals surface area (Å²) in [5, 5.41) is 1.50. The fraction of sp³-hybridized carbons (Fsp3) is 0.240. The number of aromatic nitrogens is 1. The van der Waals surface area contributed by atoms with Crippen molar-refractivity contribution in [1.29, 1.82) is 0 Å². The monoisotopic (exact) mass is 428 g/mol. The first kappa shape index (κ1) is 21.5. The molecule has 1 N–H and O–H groups in total. The molecule has 2 aromatic carbocycles. The minimum absolute atomic E-state index is 0.117. The maximum atomic E-state index is 13.1. The maximum absolute atomic E-state index is 13.1. The Morgan fingerprint density at radius 3 is 2.47 bits per heavy atom. The molecule has 0 fully saturated rings. The number of amides is 2. The highest BCUT2D eigenvalue weighted by atomic mass is 16.2. The summed E-state index contributed by atoms with van der Waals surface area (Å²) >= 11 is 0. The number of aliphatic imine (C=N–C) groups is 1. The molecule has 1 aromatic heterocycles. The van der Waals surface area contributed by atoms with E-state index in [9.17, 15) is 4.79 Å². The molecule has 7 nitrogen and oxygen atoms in total. The number of pyridine rings is 1. The number of fused-ring (bicyclic) bond motifs is 1. The van der Waals surface area contributed by atoms with Gasteiger partial charge in [0.1, 0.15) is 12.0 Å². The molecule has 3 aromatic rings. The third kappa shape index (κ3) is 4.95. The second kappa shape index (κ2) is 10.1. The zero-order valence-electron chi connectivity index (χ0n) is 18.5. The van der Waals surface area contributed by atoms with Crippen LogP contribution in [0.1, 0.15) is 12.5 Å². The highest BCUT2D eigenvalue weighted by Crippen LogP contribution is 2.27. The van der Waals surface area contributed by atoms with Gasteiger partial charge in [-0.2, -0.15) is 0 Å². The average molecular weight is 429 g/mol. The van der Waals surface area contributed by atoms with Crippen LogP contribution in [0.3, 0.4) is 0 Å². The Morgan fingerprint density at radius 1 is 0.969 bits per heavy atom. The van der Waals surface area contributed by atoms with Crippen molar-refractivity contribution in [1.82, 2.24) is 20.2 Å². The number of benzene rings is 2. The van der Waals surface area contributed by atoms with Crippen LogP contribution in [-0.4, -0.2) is 53.8 Å². The Bertz CT molecular complexity index is 1070. The molecule has 32 heavy (non-hydrogen) atoms. The predicted molar refractivity (Wildman–Crippen MR) is 129 cm³/mol. The Kier molecular flexibility index (Phi) is 6.77. The van der Waals surface area contributed by atoms with Crippen LogP contribution < -0.4 is 10.4 Å². The fourth-order valence-electron chi connectivity index (χ4n) is 3.68. The lowest BCUT2D eigenvalue weighted by atomic mass is 10.0. The number of hydrogen-bond acceptors (Lipinski definition) is 5. The summed E-state index contributed by atoms with van der Waals surface area (Å²) in [6.45, 7) is 4.81. The van der Waals surface area contributed by atoms with E-state index in [1.54, 1.807) is 12.3 Å². The van der Waals surface area contributed by atoms with Crippen LogP contribution >= 0.6 is 0 Å². The van der Waals surface area contributed by atoms with E-state index in [-0.39, 0.29) is 6.03 Å². The van der Waals surface area contributed by atoms with Gasteiger partial charge in [-0.3, -0.25) is 5.43 Å². The fourth-order valence-corrected chi connectivity index (χ4v) is 3.68. The molecule has 4 rings (SSSR count). The van der Waals surface area contributed by atoms with E-state index in [0.29, 0.717) is 24.6 Å². The van der Waals surface area contributed by atoms with Crippen LogP contribution in [0.2, 0.25) is 0 Å². The number of carbonyl (C=O) groups is 1. The van der Waals surface area contributed by atoms with Crippen LogP contribution in [0.5, 0.6) is 0 Å². The highest BCUT2D eigenvalue weighted by molar-refractivity contribution is 5.97. The average Bonchev–Trinajstić information content (AvgIpc) is 2.85. The molecule has 2 amide bonds. The molecule has 1 aliphatic rings. The summed E-state index contributed by atoms with van der Waals surface area (Å²) in [5.74, 6) is 0.534. The van der Waals surface area contributed by atoms with Crippen molar-refractivity contribution in [2.75, 3.05) is 31.7 Å². The Balaban J connectivity index is 1.33. The van der Waals surface area contributed by atoms with Crippen LogP contribution in [0.4, 0.5) is 16.3 Å². The minimum atomic E-state index is -0.117. The van der Waals surface area contributed by atoms with Crippen molar-refractivity contribution in [3.05, 3.63) is 78.5 Å². The molecule has 164 valence electrons.